The summed E-state index contributed by atoms with van der Waals surface area (Å²) in [5.74, 6) is -0.144. The molecule has 0 aromatic rings. The smallest absolute Gasteiger partial charge is 0.220 e. The van der Waals surface area contributed by atoms with Gasteiger partial charge in [0.2, 0.25) is 5.91 Å². The molecule has 0 saturated carbocycles. The fourth-order valence-electron chi connectivity index (χ4n) is 7.31. The largest absolute Gasteiger partial charge is 0.394 e. The minimum atomic E-state index is -0.870. The molecule has 2 atom stereocenters. The molecular formula is C52H95NO3. The lowest BCUT2D eigenvalue weighted by molar-refractivity contribution is -0.122. The first-order valence-electron chi connectivity index (χ1n) is 24.5. The third-order valence-corrected chi connectivity index (χ3v) is 11.0. The van der Waals surface area contributed by atoms with E-state index in [1.54, 1.807) is 6.08 Å². The number of amides is 1. The first-order chi connectivity index (χ1) is 27.7. The van der Waals surface area contributed by atoms with Crippen molar-refractivity contribution >= 4 is 5.91 Å². The van der Waals surface area contributed by atoms with Crippen LogP contribution in [0.25, 0.3) is 0 Å². The Morgan fingerprint density at radius 2 is 0.786 bits per heavy atom. The second-order valence-electron chi connectivity index (χ2n) is 16.5. The van der Waals surface area contributed by atoms with Crippen LogP contribution < -0.4 is 5.32 Å². The van der Waals surface area contributed by atoms with Gasteiger partial charge in [0.25, 0.3) is 0 Å². The third kappa shape index (κ3) is 43.2. The molecule has 3 N–H and O–H groups in total. The van der Waals surface area contributed by atoms with E-state index in [1.165, 1.54) is 180 Å². The van der Waals surface area contributed by atoms with E-state index in [0.29, 0.717) is 12.8 Å². The van der Waals surface area contributed by atoms with Crippen LogP contribution in [0.15, 0.2) is 60.8 Å². The lowest BCUT2D eigenvalue weighted by Crippen LogP contribution is -2.45. The minimum absolute atomic E-state index is 0.144. The Hall–Kier alpha value is -1.91. The van der Waals surface area contributed by atoms with Crippen LogP contribution in [0.3, 0.4) is 0 Å². The van der Waals surface area contributed by atoms with Gasteiger partial charge in [-0.05, 0) is 44.9 Å². The van der Waals surface area contributed by atoms with Gasteiger partial charge >= 0.3 is 0 Å². The lowest BCUT2D eigenvalue weighted by Gasteiger charge is -2.19. The number of allylic oxidation sites excluding steroid dienone is 9. The topological polar surface area (TPSA) is 69.6 Å². The number of aliphatic hydroxyl groups is 2. The first-order valence-corrected chi connectivity index (χ1v) is 24.5. The van der Waals surface area contributed by atoms with Crippen LogP contribution in [-0.2, 0) is 4.79 Å². The van der Waals surface area contributed by atoms with Crippen LogP contribution in [0.5, 0.6) is 0 Å². The van der Waals surface area contributed by atoms with Crippen LogP contribution in [0.2, 0.25) is 0 Å². The number of aliphatic hydroxyl groups excluding tert-OH is 2. The van der Waals surface area contributed by atoms with E-state index in [-0.39, 0.29) is 12.5 Å². The molecule has 0 aliphatic carbocycles. The minimum Gasteiger partial charge on any atom is -0.394 e. The van der Waals surface area contributed by atoms with Gasteiger partial charge in [0, 0.05) is 6.42 Å². The van der Waals surface area contributed by atoms with E-state index in [4.69, 9.17) is 0 Å². The Kier molecular flexibility index (Phi) is 45.8. The number of hydrogen-bond acceptors (Lipinski definition) is 3. The number of nitrogens with one attached hydrogen (secondary N) is 1. The van der Waals surface area contributed by atoms with E-state index in [0.717, 1.165) is 38.5 Å². The fraction of sp³-hybridized carbons (Fsp3) is 0.788. The summed E-state index contributed by atoms with van der Waals surface area (Å²) in [6.45, 7) is 4.17. The van der Waals surface area contributed by atoms with Gasteiger partial charge in [0.05, 0.1) is 18.8 Å². The van der Waals surface area contributed by atoms with Crippen molar-refractivity contribution in [1.82, 2.24) is 5.32 Å². The molecule has 0 saturated heterocycles. The van der Waals surface area contributed by atoms with Crippen molar-refractivity contribution in [2.75, 3.05) is 6.61 Å². The van der Waals surface area contributed by atoms with E-state index < -0.39 is 12.1 Å². The summed E-state index contributed by atoms with van der Waals surface area (Å²) in [6, 6.07) is -0.662. The molecule has 0 aliphatic rings. The first kappa shape index (κ1) is 54.1. The molecule has 4 heteroatoms. The van der Waals surface area contributed by atoms with Crippen molar-refractivity contribution in [2.24, 2.45) is 0 Å². The maximum atomic E-state index is 12.3. The van der Waals surface area contributed by atoms with E-state index in [9.17, 15) is 15.0 Å². The van der Waals surface area contributed by atoms with Crippen LogP contribution in [0.4, 0.5) is 0 Å². The van der Waals surface area contributed by atoms with Crippen LogP contribution in [0.1, 0.15) is 245 Å². The summed E-state index contributed by atoms with van der Waals surface area (Å²) >= 11 is 0. The van der Waals surface area contributed by atoms with Crippen molar-refractivity contribution in [1.29, 1.82) is 0 Å². The zero-order valence-electron chi connectivity index (χ0n) is 37.4. The number of carbonyl (C=O) groups is 1. The molecule has 0 radical (unpaired) electrons. The summed E-state index contributed by atoms with van der Waals surface area (Å²) < 4.78 is 0. The predicted octanol–water partition coefficient (Wildman–Crippen LogP) is 15.7. The quantitative estimate of drug-likeness (QED) is 0.0426. The molecule has 0 spiro atoms. The zero-order valence-corrected chi connectivity index (χ0v) is 37.4. The van der Waals surface area contributed by atoms with E-state index in [2.05, 4.69) is 61.7 Å². The number of carbonyl (C=O) groups excluding carboxylic acids is 1. The molecule has 0 rings (SSSR count). The molecule has 1 amide bonds. The second kappa shape index (κ2) is 47.5. The van der Waals surface area contributed by atoms with E-state index >= 15 is 0 Å². The standard InChI is InChI=1S/C52H95NO3/c1-3-5-7-9-11-13-15-17-18-19-20-21-22-23-24-25-26-27-28-29-30-31-32-33-34-36-37-39-41-43-45-47-51(55)50(49-54)53-52(56)48-46-44-42-40-38-35-16-14-12-10-8-6-4-2/h6,8,12,14,35,38,42,44-45,47,50-51,54-55H,3-5,7,9-11,13,15-34,36-37,39-41,43,46,48-49H2,1-2H3,(H,53,56)/b8-6-,14-12-,38-35-,44-42-,47-45+. The second-order valence-corrected chi connectivity index (χ2v) is 16.5. The summed E-state index contributed by atoms with van der Waals surface area (Å²) in [5, 5.41) is 23.0. The molecule has 0 aliphatic heterocycles. The summed E-state index contributed by atoms with van der Waals surface area (Å²) in [5.41, 5.74) is 0. The van der Waals surface area contributed by atoms with Gasteiger partial charge in [-0.2, -0.15) is 0 Å². The molecule has 56 heavy (non-hydrogen) atoms. The summed E-state index contributed by atoms with van der Waals surface area (Å²) in [7, 11) is 0. The van der Waals surface area contributed by atoms with Crippen molar-refractivity contribution in [3.05, 3.63) is 60.8 Å². The highest BCUT2D eigenvalue weighted by molar-refractivity contribution is 5.76. The average Bonchev–Trinajstić information content (AvgIpc) is 3.20. The van der Waals surface area contributed by atoms with Gasteiger partial charge in [0.15, 0.2) is 0 Å². The van der Waals surface area contributed by atoms with Gasteiger partial charge in [-0.15, -0.1) is 0 Å². The Morgan fingerprint density at radius 3 is 1.14 bits per heavy atom. The van der Waals surface area contributed by atoms with Gasteiger partial charge in [-0.25, -0.2) is 0 Å². The van der Waals surface area contributed by atoms with E-state index in [1.807, 2.05) is 12.2 Å². The summed E-state index contributed by atoms with van der Waals surface area (Å²) in [4.78, 5) is 12.3. The zero-order chi connectivity index (χ0) is 40.7. The molecule has 0 aromatic heterocycles. The molecule has 0 bridgehead atoms. The maximum absolute atomic E-state index is 12.3. The Balaban J connectivity index is 3.50. The highest BCUT2D eigenvalue weighted by Crippen LogP contribution is 2.17. The third-order valence-electron chi connectivity index (χ3n) is 11.0. The monoisotopic (exact) mass is 782 g/mol. The van der Waals surface area contributed by atoms with Gasteiger partial charge in [0.1, 0.15) is 0 Å². The summed E-state index contributed by atoms with van der Waals surface area (Å²) in [6.07, 6.45) is 66.7. The molecule has 0 heterocycles. The Labute approximate surface area is 349 Å². The molecule has 4 nitrogen and oxygen atoms in total. The molecule has 326 valence electrons. The van der Waals surface area contributed by atoms with Crippen molar-refractivity contribution in [3.63, 3.8) is 0 Å². The highest BCUT2D eigenvalue weighted by atomic mass is 16.3. The SMILES string of the molecule is CC/C=C\C/C=C\C/C=C\C/C=C\CCC(=O)NC(CO)C(O)/C=C/CCCCCCCCCCCCCCCCCCCCCCCCCCCCCCC. The van der Waals surface area contributed by atoms with Gasteiger partial charge in [-0.1, -0.05) is 254 Å². The molecular weight excluding hydrogens is 687 g/mol. The van der Waals surface area contributed by atoms with Crippen LogP contribution in [-0.4, -0.2) is 34.9 Å². The normalized spacial score (nSPS) is 13.4. The van der Waals surface area contributed by atoms with Crippen LogP contribution >= 0.6 is 0 Å². The molecule has 2 unspecified atom stereocenters. The average molecular weight is 782 g/mol. The fourth-order valence-corrected chi connectivity index (χ4v) is 7.31. The molecule has 0 aromatic carbocycles. The Morgan fingerprint density at radius 1 is 0.446 bits per heavy atom. The van der Waals surface area contributed by atoms with Gasteiger partial charge < -0.3 is 15.5 Å². The Bertz CT molecular complexity index is 934. The van der Waals surface area contributed by atoms with Crippen LogP contribution in [0, 0.1) is 0 Å². The number of rotatable bonds is 44. The number of hydrogen-bond donors (Lipinski definition) is 3. The highest BCUT2D eigenvalue weighted by Gasteiger charge is 2.17. The number of unbranched alkanes of at least 4 members (excludes halogenated alkanes) is 29. The predicted molar refractivity (Wildman–Crippen MR) is 248 cm³/mol. The van der Waals surface area contributed by atoms with Gasteiger partial charge in [-0.3, -0.25) is 4.79 Å². The van der Waals surface area contributed by atoms with Crippen molar-refractivity contribution in [3.8, 4) is 0 Å². The van der Waals surface area contributed by atoms with Crippen molar-refractivity contribution < 1.29 is 15.0 Å². The maximum Gasteiger partial charge on any atom is 0.220 e. The molecule has 0 fully saturated rings. The lowest BCUT2D eigenvalue weighted by atomic mass is 10.0. The van der Waals surface area contributed by atoms with Crippen molar-refractivity contribution in [2.45, 2.75) is 257 Å².